The Morgan fingerprint density at radius 2 is 2.21 bits per heavy atom. The van der Waals surface area contributed by atoms with Gasteiger partial charge in [-0.25, -0.2) is 4.98 Å². The lowest BCUT2D eigenvalue weighted by molar-refractivity contribution is -0.144. The molecule has 0 saturated heterocycles. The van der Waals surface area contributed by atoms with Crippen LogP contribution in [0.15, 0.2) is 18.2 Å². The molecule has 0 bridgehead atoms. The van der Waals surface area contributed by atoms with Gasteiger partial charge in [-0.3, -0.25) is 9.59 Å². The van der Waals surface area contributed by atoms with Gasteiger partial charge in [-0.05, 0) is 31.9 Å². The topological polar surface area (TPSA) is 59.5 Å². The highest BCUT2D eigenvalue weighted by molar-refractivity contribution is 6.29. The Balaban J connectivity index is 2.10. The Hall–Kier alpha value is -1.62. The number of hydrogen-bond acceptors (Lipinski definition) is 4. The zero-order chi connectivity index (χ0) is 13.8. The smallest absolute Gasteiger partial charge is 0.325 e. The average molecular weight is 283 g/mol. The minimum absolute atomic E-state index is 0.0362. The molecule has 0 radical (unpaired) electrons. The number of carbonyl (C=O) groups is 2. The first-order chi connectivity index (χ1) is 9.11. The van der Waals surface area contributed by atoms with E-state index in [1.165, 1.54) is 4.90 Å². The molecule has 1 heterocycles. The van der Waals surface area contributed by atoms with Gasteiger partial charge in [0.05, 0.1) is 6.61 Å². The summed E-state index contributed by atoms with van der Waals surface area (Å²) in [5.74, 6) is -0.678. The molecule has 0 spiro atoms. The highest BCUT2D eigenvalue weighted by Crippen LogP contribution is 2.28. The zero-order valence-corrected chi connectivity index (χ0v) is 11.4. The average Bonchev–Trinajstić information content (AvgIpc) is 3.20. The molecule has 0 aliphatic heterocycles. The van der Waals surface area contributed by atoms with Crippen LogP contribution in [0.1, 0.15) is 30.3 Å². The van der Waals surface area contributed by atoms with Crippen molar-refractivity contribution >= 4 is 23.5 Å². The van der Waals surface area contributed by atoms with Gasteiger partial charge < -0.3 is 9.64 Å². The molecule has 1 saturated carbocycles. The number of carbonyl (C=O) groups excluding carboxylic acids is 2. The molecular formula is C13H15ClN2O3. The number of esters is 1. The number of rotatable bonds is 5. The van der Waals surface area contributed by atoms with Crippen LogP contribution in [0.4, 0.5) is 0 Å². The molecule has 0 aromatic carbocycles. The molecule has 6 heteroatoms. The maximum atomic E-state index is 12.3. The first kappa shape index (κ1) is 13.8. The van der Waals surface area contributed by atoms with Crippen molar-refractivity contribution in [3.63, 3.8) is 0 Å². The molecule has 1 aliphatic carbocycles. The minimum atomic E-state index is -0.398. The fourth-order valence-corrected chi connectivity index (χ4v) is 1.94. The molecule has 1 fully saturated rings. The highest BCUT2D eigenvalue weighted by Gasteiger charge is 2.35. The summed E-state index contributed by atoms with van der Waals surface area (Å²) in [7, 11) is 0. The van der Waals surface area contributed by atoms with Crippen molar-refractivity contribution < 1.29 is 14.3 Å². The molecule has 1 aromatic rings. The number of ether oxygens (including phenoxy) is 1. The normalized spacial score (nSPS) is 14.0. The van der Waals surface area contributed by atoms with Crippen LogP contribution in [0.5, 0.6) is 0 Å². The van der Waals surface area contributed by atoms with Gasteiger partial charge in [0.1, 0.15) is 17.4 Å². The van der Waals surface area contributed by atoms with Gasteiger partial charge in [0.15, 0.2) is 0 Å². The second-order valence-electron chi connectivity index (χ2n) is 4.31. The predicted molar refractivity (Wildman–Crippen MR) is 69.9 cm³/mol. The van der Waals surface area contributed by atoms with E-state index in [4.69, 9.17) is 16.3 Å². The minimum Gasteiger partial charge on any atom is -0.465 e. The largest absolute Gasteiger partial charge is 0.465 e. The molecule has 2 rings (SSSR count). The van der Waals surface area contributed by atoms with Crippen molar-refractivity contribution in [3.8, 4) is 0 Å². The van der Waals surface area contributed by atoms with E-state index in [9.17, 15) is 9.59 Å². The molecule has 0 N–H and O–H groups in total. The Morgan fingerprint density at radius 3 is 2.79 bits per heavy atom. The molecule has 0 unspecified atom stereocenters. The molecule has 1 amide bonds. The maximum absolute atomic E-state index is 12.3. The second-order valence-corrected chi connectivity index (χ2v) is 4.70. The summed E-state index contributed by atoms with van der Waals surface area (Å²) in [5, 5.41) is 0.262. The maximum Gasteiger partial charge on any atom is 0.325 e. The van der Waals surface area contributed by atoms with Crippen LogP contribution < -0.4 is 0 Å². The van der Waals surface area contributed by atoms with E-state index >= 15 is 0 Å². The molecular weight excluding hydrogens is 268 g/mol. The van der Waals surface area contributed by atoms with Crippen molar-refractivity contribution in [2.75, 3.05) is 13.2 Å². The zero-order valence-electron chi connectivity index (χ0n) is 10.6. The molecule has 1 aliphatic rings. The van der Waals surface area contributed by atoms with Gasteiger partial charge in [-0.1, -0.05) is 17.7 Å². The van der Waals surface area contributed by atoms with Gasteiger partial charge >= 0.3 is 5.97 Å². The Bertz CT molecular complexity index is 489. The summed E-state index contributed by atoms with van der Waals surface area (Å²) in [6, 6.07) is 4.97. The lowest BCUT2D eigenvalue weighted by Gasteiger charge is -2.20. The first-order valence-electron chi connectivity index (χ1n) is 6.21. The van der Waals surface area contributed by atoms with E-state index in [0.29, 0.717) is 6.61 Å². The number of nitrogens with zero attached hydrogens (tertiary/aromatic N) is 2. The van der Waals surface area contributed by atoms with Gasteiger partial charge in [-0.15, -0.1) is 0 Å². The lowest BCUT2D eigenvalue weighted by atomic mass is 10.3. The SMILES string of the molecule is CCOC(=O)CN(C(=O)c1cccc(Cl)n1)C1CC1. The first-order valence-corrected chi connectivity index (χ1v) is 6.58. The molecule has 5 nitrogen and oxygen atoms in total. The number of amides is 1. The van der Waals surface area contributed by atoms with Gasteiger partial charge in [-0.2, -0.15) is 0 Å². The predicted octanol–water partition coefficient (Wildman–Crippen LogP) is 1.90. The van der Waals surface area contributed by atoms with Crippen LogP contribution in [0.25, 0.3) is 0 Å². The van der Waals surface area contributed by atoms with Crippen LogP contribution in [0.2, 0.25) is 5.15 Å². The summed E-state index contributed by atoms with van der Waals surface area (Å²) >= 11 is 5.77. The number of halogens is 1. The molecule has 0 atom stereocenters. The highest BCUT2D eigenvalue weighted by atomic mass is 35.5. The van der Waals surface area contributed by atoms with E-state index in [1.54, 1.807) is 25.1 Å². The summed E-state index contributed by atoms with van der Waals surface area (Å²) in [5.41, 5.74) is 0.253. The summed E-state index contributed by atoms with van der Waals surface area (Å²) in [6.07, 6.45) is 1.82. The van der Waals surface area contributed by atoms with Gasteiger partial charge in [0.2, 0.25) is 0 Å². The Labute approximate surface area is 116 Å². The van der Waals surface area contributed by atoms with Crippen LogP contribution in [-0.4, -0.2) is 41.0 Å². The van der Waals surface area contributed by atoms with E-state index in [2.05, 4.69) is 4.98 Å². The summed E-state index contributed by atoms with van der Waals surface area (Å²) in [6.45, 7) is 2.01. The van der Waals surface area contributed by atoms with Crippen molar-refractivity contribution in [2.45, 2.75) is 25.8 Å². The quantitative estimate of drug-likeness (QED) is 0.611. The third kappa shape index (κ3) is 3.67. The van der Waals surface area contributed by atoms with Crippen molar-refractivity contribution in [1.29, 1.82) is 0 Å². The fourth-order valence-electron chi connectivity index (χ4n) is 1.77. The summed E-state index contributed by atoms with van der Waals surface area (Å²) in [4.78, 5) is 29.3. The lowest BCUT2D eigenvalue weighted by Crippen LogP contribution is -2.38. The van der Waals surface area contributed by atoms with E-state index in [1.807, 2.05) is 0 Å². The van der Waals surface area contributed by atoms with Gasteiger partial charge in [0, 0.05) is 6.04 Å². The van der Waals surface area contributed by atoms with Crippen LogP contribution in [0, 0.1) is 0 Å². The van der Waals surface area contributed by atoms with Crippen LogP contribution >= 0.6 is 11.6 Å². The van der Waals surface area contributed by atoms with Crippen molar-refractivity contribution in [3.05, 3.63) is 29.0 Å². The molecule has 102 valence electrons. The number of aromatic nitrogens is 1. The fraction of sp³-hybridized carbons (Fsp3) is 0.462. The van der Waals surface area contributed by atoms with Crippen LogP contribution in [0.3, 0.4) is 0 Å². The van der Waals surface area contributed by atoms with E-state index in [-0.39, 0.29) is 29.3 Å². The third-order valence-corrected chi connectivity index (χ3v) is 3.00. The Kier molecular flexibility index (Phi) is 4.37. The van der Waals surface area contributed by atoms with E-state index < -0.39 is 5.97 Å². The number of pyridine rings is 1. The monoisotopic (exact) mass is 282 g/mol. The number of hydrogen-bond donors (Lipinski definition) is 0. The summed E-state index contributed by atoms with van der Waals surface area (Å²) < 4.78 is 4.88. The standard InChI is InChI=1S/C13H15ClN2O3/c1-2-19-12(17)8-16(9-6-7-9)13(18)10-4-3-5-11(14)15-10/h3-5,9H,2,6-8H2,1H3. The second kappa shape index (κ2) is 6.02. The van der Waals surface area contributed by atoms with Crippen molar-refractivity contribution in [1.82, 2.24) is 9.88 Å². The molecule has 1 aromatic heterocycles. The van der Waals surface area contributed by atoms with Gasteiger partial charge in [0.25, 0.3) is 5.91 Å². The van der Waals surface area contributed by atoms with Crippen molar-refractivity contribution in [2.24, 2.45) is 0 Å². The Morgan fingerprint density at radius 1 is 1.47 bits per heavy atom. The molecule has 19 heavy (non-hydrogen) atoms. The van der Waals surface area contributed by atoms with Crippen LogP contribution in [-0.2, 0) is 9.53 Å². The third-order valence-electron chi connectivity index (χ3n) is 2.79. The van der Waals surface area contributed by atoms with E-state index in [0.717, 1.165) is 12.8 Å².